The first kappa shape index (κ1) is 20.1. The molecule has 2 amide bonds. The largest absolute Gasteiger partial charge is 0.335 e. The van der Waals surface area contributed by atoms with E-state index in [1.165, 1.54) is 12.1 Å². The first-order valence-electron chi connectivity index (χ1n) is 8.58. The zero-order chi connectivity index (χ0) is 20.4. The third kappa shape index (κ3) is 3.81. The van der Waals surface area contributed by atoms with Crippen molar-refractivity contribution in [1.82, 2.24) is 9.80 Å². The molecule has 0 bridgehead atoms. The predicted octanol–water partition coefficient (Wildman–Crippen LogP) is 3.81. The number of rotatable bonds is 3. The molecule has 146 valence electrons. The quantitative estimate of drug-likeness (QED) is 0.556. The first-order chi connectivity index (χ1) is 13.3. The molecule has 7 nitrogen and oxygen atoms in total. The highest BCUT2D eigenvalue weighted by atomic mass is 35.5. The van der Waals surface area contributed by atoms with Gasteiger partial charge in [-0.2, -0.15) is 0 Å². The molecule has 9 heteroatoms. The molecular formula is C19H17Cl2N3O4. The number of carbonyl (C=O) groups excluding carboxylic acids is 2. The van der Waals surface area contributed by atoms with Crippen LogP contribution in [0.1, 0.15) is 26.3 Å². The molecule has 3 rings (SSSR count). The van der Waals surface area contributed by atoms with Crippen LogP contribution in [0, 0.1) is 17.0 Å². The number of hydrogen-bond donors (Lipinski definition) is 0. The van der Waals surface area contributed by atoms with E-state index in [2.05, 4.69) is 0 Å². The third-order valence-corrected chi connectivity index (χ3v) is 5.59. The van der Waals surface area contributed by atoms with E-state index in [4.69, 9.17) is 23.2 Å². The molecular weight excluding hydrogens is 405 g/mol. The van der Waals surface area contributed by atoms with Crippen molar-refractivity contribution in [2.75, 3.05) is 26.2 Å². The molecule has 1 aliphatic heterocycles. The fourth-order valence-corrected chi connectivity index (χ4v) is 3.56. The van der Waals surface area contributed by atoms with Crippen molar-refractivity contribution < 1.29 is 14.5 Å². The summed E-state index contributed by atoms with van der Waals surface area (Å²) in [6.07, 6.45) is 0. The van der Waals surface area contributed by atoms with E-state index in [0.29, 0.717) is 47.9 Å². The van der Waals surface area contributed by atoms with Gasteiger partial charge in [-0.25, -0.2) is 0 Å². The number of hydrogen-bond acceptors (Lipinski definition) is 4. The Morgan fingerprint density at radius 3 is 2.00 bits per heavy atom. The van der Waals surface area contributed by atoms with Gasteiger partial charge in [-0.05, 0) is 25.1 Å². The lowest BCUT2D eigenvalue weighted by atomic mass is 10.1. The molecule has 1 aliphatic rings. The molecule has 0 atom stereocenters. The summed E-state index contributed by atoms with van der Waals surface area (Å²) >= 11 is 12.1. The molecule has 28 heavy (non-hydrogen) atoms. The Balaban J connectivity index is 1.71. The van der Waals surface area contributed by atoms with Crippen LogP contribution in [0.3, 0.4) is 0 Å². The van der Waals surface area contributed by atoms with Crippen molar-refractivity contribution in [3.8, 4) is 0 Å². The molecule has 2 aromatic carbocycles. The highest BCUT2D eigenvalue weighted by molar-refractivity contribution is 6.43. The van der Waals surface area contributed by atoms with Gasteiger partial charge >= 0.3 is 0 Å². The molecule has 1 heterocycles. The van der Waals surface area contributed by atoms with Crippen LogP contribution in [0.15, 0.2) is 36.4 Å². The average Bonchev–Trinajstić information content (AvgIpc) is 2.69. The van der Waals surface area contributed by atoms with Gasteiger partial charge in [0.05, 0.1) is 20.5 Å². The van der Waals surface area contributed by atoms with Crippen LogP contribution >= 0.6 is 23.2 Å². The molecule has 0 radical (unpaired) electrons. The second-order valence-electron chi connectivity index (χ2n) is 6.39. The molecule has 0 aliphatic carbocycles. The van der Waals surface area contributed by atoms with Gasteiger partial charge in [0.15, 0.2) is 0 Å². The molecule has 0 aromatic heterocycles. The van der Waals surface area contributed by atoms with E-state index < -0.39 is 4.92 Å². The zero-order valence-electron chi connectivity index (χ0n) is 15.0. The van der Waals surface area contributed by atoms with Crippen LogP contribution < -0.4 is 0 Å². The Morgan fingerprint density at radius 1 is 0.929 bits per heavy atom. The number of nitrogens with zero attached hydrogens (tertiary/aromatic N) is 3. The van der Waals surface area contributed by atoms with Crippen molar-refractivity contribution in [2.24, 2.45) is 0 Å². The highest BCUT2D eigenvalue weighted by Crippen LogP contribution is 2.27. The number of nitro groups is 1. The lowest BCUT2D eigenvalue weighted by molar-refractivity contribution is -0.385. The van der Waals surface area contributed by atoms with E-state index in [0.717, 1.165) is 0 Å². The lowest BCUT2D eigenvalue weighted by Crippen LogP contribution is -2.50. The van der Waals surface area contributed by atoms with Crippen LogP contribution in [0.25, 0.3) is 0 Å². The number of amides is 2. The Hall–Kier alpha value is -2.64. The van der Waals surface area contributed by atoms with Crippen molar-refractivity contribution in [2.45, 2.75) is 6.92 Å². The maximum atomic E-state index is 12.8. The SMILES string of the molecule is Cc1c(C(=O)N2CCN(C(=O)c3cccc(Cl)c3Cl)CC2)cccc1[N+](=O)[O-]. The zero-order valence-corrected chi connectivity index (χ0v) is 16.5. The number of halogens is 2. The lowest BCUT2D eigenvalue weighted by Gasteiger charge is -2.35. The number of benzene rings is 2. The van der Waals surface area contributed by atoms with Crippen LogP contribution in [0.5, 0.6) is 0 Å². The molecule has 0 unspecified atom stereocenters. The summed E-state index contributed by atoms with van der Waals surface area (Å²) in [7, 11) is 0. The van der Waals surface area contributed by atoms with Crippen LogP contribution in [-0.2, 0) is 0 Å². The van der Waals surface area contributed by atoms with E-state index >= 15 is 0 Å². The second kappa shape index (κ2) is 8.16. The normalized spacial score (nSPS) is 14.1. The second-order valence-corrected chi connectivity index (χ2v) is 7.18. The maximum absolute atomic E-state index is 12.8. The van der Waals surface area contributed by atoms with Crippen molar-refractivity contribution >= 4 is 40.7 Å². The van der Waals surface area contributed by atoms with Gasteiger partial charge in [-0.15, -0.1) is 0 Å². The Bertz CT molecular complexity index is 956. The fraction of sp³-hybridized carbons (Fsp3) is 0.263. The summed E-state index contributed by atoms with van der Waals surface area (Å²) < 4.78 is 0. The fourth-order valence-electron chi connectivity index (χ4n) is 3.18. The molecule has 1 saturated heterocycles. The molecule has 0 N–H and O–H groups in total. The van der Waals surface area contributed by atoms with E-state index in [1.807, 2.05) is 0 Å². The van der Waals surface area contributed by atoms with Crippen molar-refractivity contribution in [3.63, 3.8) is 0 Å². The standard InChI is InChI=1S/C19H17Cl2N3O4/c1-12-13(4-3-7-16(12)24(27)28)18(25)22-8-10-23(11-9-22)19(26)14-5-2-6-15(20)17(14)21/h2-7H,8-11H2,1H3. The van der Waals surface area contributed by atoms with Crippen LogP contribution in [0.4, 0.5) is 5.69 Å². The van der Waals surface area contributed by atoms with Gasteiger partial charge in [-0.1, -0.05) is 35.3 Å². The van der Waals surface area contributed by atoms with E-state index in [-0.39, 0.29) is 22.5 Å². The Labute approximate surface area is 171 Å². The molecule has 0 spiro atoms. The monoisotopic (exact) mass is 421 g/mol. The van der Waals surface area contributed by atoms with Gasteiger partial charge in [0.25, 0.3) is 17.5 Å². The van der Waals surface area contributed by atoms with Crippen molar-refractivity contribution in [3.05, 3.63) is 73.2 Å². The first-order valence-corrected chi connectivity index (χ1v) is 9.33. The third-order valence-electron chi connectivity index (χ3n) is 4.77. The molecule has 1 fully saturated rings. The predicted molar refractivity (Wildman–Crippen MR) is 106 cm³/mol. The maximum Gasteiger partial charge on any atom is 0.273 e. The van der Waals surface area contributed by atoms with Gasteiger partial charge in [0.2, 0.25) is 0 Å². The van der Waals surface area contributed by atoms with Crippen LogP contribution in [-0.4, -0.2) is 52.7 Å². The number of nitro benzene ring substituents is 1. The minimum absolute atomic E-state index is 0.0877. The topological polar surface area (TPSA) is 83.8 Å². The highest BCUT2D eigenvalue weighted by Gasteiger charge is 2.28. The summed E-state index contributed by atoms with van der Waals surface area (Å²) in [6.45, 7) is 2.88. The van der Waals surface area contributed by atoms with Gasteiger partial charge in [0.1, 0.15) is 0 Å². The van der Waals surface area contributed by atoms with Gasteiger partial charge < -0.3 is 9.80 Å². The average molecular weight is 422 g/mol. The number of carbonyl (C=O) groups is 2. The van der Waals surface area contributed by atoms with Gasteiger partial charge in [-0.3, -0.25) is 19.7 Å². The summed E-state index contributed by atoms with van der Waals surface area (Å²) in [5.74, 6) is -0.528. The van der Waals surface area contributed by atoms with Crippen molar-refractivity contribution in [1.29, 1.82) is 0 Å². The molecule has 0 saturated carbocycles. The summed E-state index contributed by atoms with van der Waals surface area (Å²) in [5, 5.41) is 11.6. The Kier molecular flexibility index (Phi) is 5.86. The summed E-state index contributed by atoms with van der Waals surface area (Å²) in [5.41, 5.74) is 0.868. The minimum atomic E-state index is -0.503. The summed E-state index contributed by atoms with van der Waals surface area (Å²) in [6, 6.07) is 9.33. The minimum Gasteiger partial charge on any atom is -0.335 e. The van der Waals surface area contributed by atoms with E-state index in [9.17, 15) is 19.7 Å². The van der Waals surface area contributed by atoms with Crippen LogP contribution in [0.2, 0.25) is 10.0 Å². The van der Waals surface area contributed by atoms with E-state index in [1.54, 1.807) is 41.0 Å². The number of piperazine rings is 1. The van der Waals surface area contributed by atoms with Gasteiger partial charge in [0, 0.05) is 43.4 Å². The molecule has 2 aromatic rings. The summed E-state index contributed by atoms with van der Waals surface area (Å²) in [4.78, 5) is 39.3. The smallest absolute Gasteiger partial charge is 0.273 e. The Morgan fingerprint density at radius 2 is 1.43 bits per heavy atom.